The Morgan fingerprint density at radius 3 is 2.70 bits per heavy atom. The van der Waals surface area contributed by atoms with Gasteiger partial charge in [-0.1, -0.05) is 12.1 Å². The minimum Gasteiger partial charge on any atom is -0.443 e. The molecule has 0 spiro atoms. The Morgan fingerprint density at radius 2 is 1.95 bits per heavy atom. The second kappa shape index (κ2) is 3.90. The summed E-state index contributed by atoms with van der Waals surface area (Å²) in [6.45, 7) is -1.15. The number of hydrogen-bond acceptors (Lipinski definition) is 4. The summed E-state index contributed by atoms with van der Waals surface area (Å²) >= 11 is 0. The highest BCUT2D eigenvalue weighted by molar-refractivity contribution is 5.70. The standard InChI is InChI=1S/C11H7F4NO4/c12-10(13)4-18-9(17)16-8(10)5-2-1-3-6-7(5)20-11(14,15)19-6/h1-3,8H,4H2,(H,16,17)/t8-/m0/s1. The van der Waals surface area contributed by atoms with Crippen LogP contribution in [0.3, 0.4) is 0 Å². The number of rotatable bonds is 1. The molecule has 1 aromatic rings. The summed E-state index contributed by atoms with van der Waals surface area (Å²) < 4.78 is 66.1. The Kier molecular flexibility index (Phi) is 2.50. The van der Waals surface area contributed by atoms with Gasteiger partial charge in [0, 0.05) is 5.56 Å². The second-order valence-corrected chi connectivity index (χ2v) is 4.26. The number of halogens is 4. The van der Waals surface area contributed by atoms with Crippen molar-refractivity contribution in [2.75, 3.05) is 6.61 Å². The molecule has 1 saturated heterocycles. The fourth-order valence-corrected chi connectivity index (χ4v) is 2.03. The van der Waals surface area contributed by atoms with Crippen LogP contribution in [0.1, 0.15) is 11.6 Å². The Bertz CT molecular complexity index is 578. The molecule has 3 rings (SSSR count). The molecule has 0 unspecified atom stereocenters. The average Bonchev–Trinajstić information content (AvgIpc) is 2.66. The highest BCUT2D eigenvalue weighted by Gasteiger charge is 2.51. The smallest absolute Gasteiger partial charge is 0.443 e. The lowest BCUT2D eigenvalue weighted by Crippen LogP contribution is -2.49. The first-order chi connectivity index (χ1) is 9.28. The normalized spacial score (nSPS) is 25.8. The number of benzene rings is 1. The summed E-state index contributed by atoms with van der Waals surface area (Å²) in [6.07, 6.45) is -4.99. The number of fused-ring (bicyclic) bond motifs is 1. The van der Waals surface area contributed by atoms with Gasteiger partial charge in [0.05, 0.1) is 0 Å². The monoisotopic (exact) mass is 293 g/mol. The topological polar surface area (TPSA) is 56.8 Å². The lowest BCUT2D eigenvalue weighted by atomic mass is 9.99. The summed E-state index contributed by atoms with van der Waals surface area (Å²) in [4.78, 5) is 11.1. The van der Waals surface area contributed by atoms with E-state index in [1.165, 1.54) is 6.07 Å². The number of alkyl halides is 4. The zero-order valence-electron chi connectivity index (χ0n) is 9.66. The van der Waals surface area contributed by atoms with E-state index in [0.29, 0.717) is 0 Å². The first-order valence-electron chi connectivity index (χ1n) is 5.48. The summed E-state index contributed by atoms with van der Waals surface area (Å²) in [5.41, 5.74) is -0.304. The zero-order chi connectivity index (χ0) is 14.5. The molecule has 2 heterocycles. The van der Waals surface area contributed by atoms with E-state index in [2.05, 4.69) is 14.2 Å². The Labute approximate surface area is 109 Å². The molecule has 1 fully saturated rings. The molecule has 2 aliphatic rings. The number of ether oxygens (including phenoxy) is 3. The molecule has 9 heteroatoms. The van der Waals surface area contributed by atoms with E-state index in [1.54, 1.807) is 0 Å². The van der Waals surface area contributed by atoms with Crippen LogP contribution in [-0.4, -0.2) is 24.9 Å². The second-order valence-electron chi connectivity index (χ2n) is 4.26. The minimum atomic E-state index is -3.93. The summed E-state index contributed by atoms with van der Waals surface area (Å²) in [5.74, 6) is -4.36. The van der Waals surface area contributed by atoms with Gasteiger partial charge in [-0.3, -0.25) is 0 Å². The molecule has 20 heavy (non-hydrogen) atoms. The Morgan fingerprint density at radius 1 is 1.20 bits per heavy atom. The van der Waals surface area contributed by atoms with Gasteiger partial charge in [0.15, 0.2) is 18.1 Å². The van der Waals surface area contributed by atoms with Gasteiger partial charge in [-0.15, -0.1) is 8.78 Å². The van der Waals surface area contributed by atoms with Crippen molar-refractivity contribution in [1.82, 2.24) is 5.32 Å². The van der Waals surface area contributed by atoms with Crippen LogP contribution in [0.25, 0.3) is 0 Å². The number of alkyl carbamates (subject to hydrolysis) is 1. The fourth-order valence-electron chi connectivity index (χ4n) is 2.03. The van der Waals surface area contributed by atoms with Gasteiger partial charge in [-0.25, -0.2) is 13.6 Å². The van der Waals surface area contributed by atoms with Crippen LogP contribution < -0.4 is 14.8 Å². The van der Waals surface area contributed by atoms with Crippen LogP contribution in [0.5, 0.6) is 11.5 Å². The molecule has 108 valence electrons. The molecule has 0 saturated carbocycles. The van der Waals surface area contributed by atoms with Crippen molar-refractivity contribution in [3.63, 3.8) is 0 Å². The van der Waals surface area contributed by atoms with Gasteiger partial charge >= 0.3 is 18.3 Å². The van der Waals surface area contributed by atoms with Gasteiger partial charge in [0.25, 0.3) is 0 Å². The molecule has 0 radical (unpaired) electrons. The molecular weight excluding hydrogens is 286 g/mol. The number of carbonyl (C=O) groups is 1. The first-order valence-corrected chi connectivity index (χ1v) is 5.48. The molecular formula is C11H7F4NO4. The average molecular weight is 293 g/mol. The van der Waals surface area contributed by atoms with Gasteiger partial charge in [-0.05, 0) is 6.07 Å². The number of carbonyl (C=O) groups excluding carboxylic acids is 1. The molecule has 1 aromatic carbocycles. The quantitative estimate of drug-likeness (QED) is 0.808. The van der Waals surface area contributed by atoms with Crippen molar-refractivity contribution in [3.05, 3.63) is 23.8 Å². The van der Waals surface area contributed by atoms with Crippen LogP contribution >= 0.6 is 0 Å². The first kappa shape index (κ1) is 12.8. The number of para-hydroxylation sites is 1. The van der Waals surface area contributed by atoms with Crippen LogP contribution in [-0.2, 0) is 4.74 Å². The number of hydrogen-bond donors (Lipinski definition) is 1. The third-order valence-corrected chi connectivity index (χ3v) is 2.85. The van der Waals surface area contributed by atoms with Crippen molar-refractivity contribution in [3.8, 4) is 11.5 Å². The van der Waals surface area contributed by atoms with Gasteiger partial charge in [0.1, 0.15) is 6.04 Å². The van der Waals surface area contributed by atoms with Gasteiger partial charge < -0.3 is 19.5 Å². The molecule has 1 amide bonds. The summed E-state index contributed by atoms with van der Waals surface area (Å²) in [6, 6.07) is 1.71. The summed E-state index contributed by atoms with van der Waals surface area (Å²) in [5, 5.41) is 1.89. The van der Waals surface area contributed by atoms with Crippen molar-refractivity contribution >= 4 is 6.09 Å². The van der Waals surface area contributed by atoms with Crippen molar-refractivity contribution in [2.24, 2.45) is 0 Å². The summed E-state index contributed by atoms with van der Waals surface area (Å²) in [7, 11) is 0. The third-order valence-electron chi connectivity index (χ3n) is 2.85. The largest absolute Gasteiger partial charge is 0.586 e. The Hall–Kier alpha value is -2.19. The number of amides is 1. The zero-order valence-corrected chi connectivity index (χ0v) is 9.66. The van der Waals surface area contributed by atoms with Gasteiger partial charge in [0.2, 0.25) is 0 Å². The van der Waals surface area contributed by atoms with Crippen molar-refractivity contribution in [1.29, 1.82) is 0 Å². The van der Waals surface area contributed by atoms with E-state index in [1.807, 2.05) is 5.32 Å². The molecule has 1 N–H and O–H groups in total. The molecule has 5 nitrogen and oxygen atoms in total. The minimum absolute atomic E-state index is 0.304. The molecule has 0 aliphatic carbocycles. The van der Waals surface area contributed by atoms with Crippen LogP contribution in [0.15, 0.2) is 18.2 Å². The maximum absolute atomic E-state index is 13.8. The lowest BCUT2D eigenvalue weighted by Gasteiger charge is -2.32. The molecule has 2 aliphatic heterocycles. The number of cyclic esters (lactones) is 1. The van der Waals surface area contributed by atoms with Crippen molar-refractivity contribution in [2.45, 2.75) is 18.3 Å². The van der Waals surface area contributed by atoms with Crippen LogP contribution in [0.2, 0.25) is 0 Å². The van der Waals surface area contributed by atoms with Crippen molar-refractivity contribution < 1.29 is 36.6 Å². The van der Waals surface area contributed by atoms with E-state index in [-0.39, 0.29) is 11.3 Å². The Balaban J connectivity index is 2.03. The molecule has 0 aromatic heterocycles. The fraction of sp³-hybridized carbons (Fsp3) is 0.364. The van der Waals surface area contributed by atoms with Gasteiger partial charge in [-0.2, -0.15) is 0 Å². The highest BCUT2D eigenvalue weighted by Crippen LogP contribution is 2.48. The molecule has 0 bridgehead atoms. The highest BCUT2D eigenvalue weighted by atomic mass is 19.3. The van der Waals surface area contributed by atoms with E-state index >= 15 is 0 Å². The van der Waals surface area contributed by atoms with Crippen LogP contribution in [0, 0.1) is 0 Å². The van der Waals surface area contributed by atoms with E-state index in [9.17, 15) is 22.4 Å². The maximum Gasteiger partial charge on any atom is 0.586 e. The van der Waals surface area contributed by atoms with E-state index < -0.39 is 36.7 Å². The van der Waals surface area contributed by atoms with Crippen LogP contribution in [0.4, 0.5) is 22.4 Å². The number of nitrogens with one attached hydrogen (secondary N) is 1. The molecule has 1 atom stereocenters. The lowest BCUT2D eigenvalue weighted by molar-refractivity contribution is -0.287. The third kappa shape index (κ3) is 1.98. The predicted molar refractivity (Wildman–Crippen MR) is 54.8 cm³/mol. The predicted octanol–water partition coefficient (Wildman–Crippen LogP) is 2.42. The SMILES string of the molecule is O=C1N[C@@H](c2cccc3c2OC(F)(F)O3)C(F)(F)CO1. The van der Waals surface area contributed by atoms with E-state index in [4.69, 9.17) is 0 Å². The maximum atomic E-state index is 13.8. The van der Waals surface area contributed by atoms with E-state index in [0.717, 1.165) is 12.1 Å².